The number of halogens is 1. The molecule has 1 aromatic carbocycles. The predicted molar refractivity (Wildman–Crippen MR) is 89.5 cm³/mol. The van der Waals surface area contributed by atoms with Gasteiger partial charge in [-0.2, -0.15) is 5.10 Å². The number of hydrogen-bond donors (Lipinski definition) is 2. The zero-order chi connectivity index (χ0) is 17.3. The standard InChI is InChI=1S/C17H18ClN3O3/c1-10-14(9-21(20-10)12-7-5-11(18)6-8-12)16(22)19-15-4-2-3-13(15)17(23)24/h5-9,13,15H,2-4H2,1H3,(H,19,22)(H,23,24). The summed E-state index contributed by atoms with van der Waals surface area (Å²) in [7, 11) is 0. The largest absolute Gasteiger partial charge is 0.481 e. The summed E-state index contributed by atoms with van der Waals surface area (Å²) >= 11 is 5.88. The summed E-state index contributed by atoms with van der Waals surface area (Å²) in [6.07, 6.45) is 3.75. The third kappa shape index (κ3) is 3.28. The van der Waals surface area contributed by atoms with Gasteiger partial charge in [-0.15, -0.1) is 0 Å². The van der Waals surface area contributed by atoms with Crippen molar-refractivity contribution in [2.24, 2.45) is 5.92 Å². The molecule has 0 bridgehead atoms. The molecule has 0 spiro atoms. The van der Waals surface area contributed by atoms with E-state index < -0.39 is 11.9 Å². The first kappa shape index (κ1) is 16.5. The minimum Gasteiger partial charge on any atom is -0.481 e. The molecule has 1 fully saturated rings. The highest BCUT2D eigenvalue weighted by atomic mass is 35.5. The Labute approximate surface area is 144 Å². The molecule has 1 aromatic heterocycles. The molecule has 2 aromatic rings. The monoisotopic (exact) mass is 347 g/mol. The summed E-state index contributed by atoms with van der Waals surface area (Å²) < 4.78 is 1.61. The van der Waals surface area contributed by atoms with Gasteiger partial charge >= 0.3 is 5.97 Å². The van der Waals surface area contributed by atoms with E-state index in [-0.39, 0.29) is 11.9 Å². The van der Waals surface area contributed by atoms with Crippen LogP contribution in [0.15, 0.2) is 30.5 Å². The van der Waals surface area contributed by atoms with E-state index in [1.807, 2.05) is 12.1 Å². The van der Waals surface area contributed by atoms with E-state index in [9.17, 15) is 14.7 Å². The normalized spacial score (nSPS) is 20.1. The summed E-state index contributed by atoms with van der Waals surface area (Å²) in [5, 5.41) is 17.0. The fourth-order valence-corrected chi connectivity index (χ4v) is 3.21. The van der Waals surface area contributed by atoms with Crippen molar-refractivity contribution in [3.63, 3.8) is 0 Å². The molecule has 24 heavy (non-hydrogen) atoms. The molecule has 6 nitrogen and oxygen atoms in total. The summed E-state index contributed by atoms with van der Waals surface area (Å²) in [6, 6.07) is 6.81. The van der Waals surface area contributed by atoms with Gasteiger partial charge in [-0.25, -0.2) is 4.68 Å². The highest BCUT2D eigenvalue weighted by Crippen LogP contribution is 2.26. The quantitative estimate of drug-likeness (QED) is 0.890. The van der Waals surface area contributed by atoms with Crippen LogP contribution in [-0.4, -0.2) is 32.8 Å². The number of nitrogens with zero attached hydrogens (tertiary/aromatic N) is 2. The molecule has 2 atom stereocenters. The van der Waals surface area contributed by atoms with E-state index in [1.165, 1.54) is 0 Å². The highest BCUT2D eigenvalue weighted by molar-refractivity contribution is 6.30. The smallest absolute Gasteiger partial charge is 0.308 e. The number of nitrogens with one attached hydrogen (secondary N) is 1. The SMILES string of the molecule is Cc1nn(-c2ccc(Cl)cc2)cc1C(=O)NC1CCCC1C(=O)O. The third-order valence-corrected chi connectivity index (χ3v) is 4.64. The fraction of sp³-hybridized carbons (Fsp3) is 0.353. The molecule has 0 aliphatic heterocycles. The Morgan fingerprint density at radius 3 is 2.67 bits per heavy atom. The Bertz CT molecular complexity index is 770. The minimum absolute atomic E-state index is 0.286. The first-order valence-corrected chi connectivity index (χ1v) is 8.19. The van der Waals surface area contributed by atoms with Crippen molar-refractivity contribution in [3.05, 3.63) is 46.7 Å². The first-order valence-electron chi connectivity index (χ1n) is 7.81. The van der Waals surface area contributed by atoms with E-state index in [0.717, 1.165) is 12.1 Å². The second-order valence-corrected chi connectivity index (χ2v) is 6.44. The van der Waals surface area contributed by atoms with Crippen molar-refractivity contribution in [3.8, 4) is 5.69 Å². The van der Waals surface area contributed by atoms with Crippen LogP contribution < -0.4 is 5.32 Å². The number of amides is 1. The molecule has 1 heterocycles. The Balaban J connectivity index is 1.78. The van der Waals surface area contributed by atoms with Crippen molar-refractivity contribution in [2.45, 2.75) is 32.2 Å². The van der Waals surface area contributed by atoms with Gasteiger partial charge in [0.1, 0.15) is 0 Å². The van der Waals surface area contributed by atoms with Crippen molar-refractivity contribution in [1.29, 1.82) is 0 Å². The van der Waals surface area contributed by atoms with Gasteiger partial charge in [-0.05, 0) is 44.0 Å². The van der Waals surface area contributed by atoms with Gasteiger partial charge in [0.05, 0.1) is 22.9 Å². The number of carbonyl (C=O) groups is 2. The van der Waals surface area contributed by atoms with Crippen LogP contribution in [0.4, 0.5) is 0 Å². The van der Waals surface area contributed by atoms with Crippen LogP contribution in [0, 0.1) is 12.8 Å². The molecule has 3 rings (SSSR count). The van der Waals surface area contributed by atoms with Crippen LogP contribution in [0.3, 0.4) is 0 Å². The van der Waals surface area contributed by atoms with Gasteiger partial charge < -0.3 is 10.4 Å². The lowest BCUT2D eigenvalue weighted by Crippen LogP contribution is -2.40. The molecule has 0 radical (unpaired) electrons. The second-order valence-electron chi connectivity index (χ2n) is 6.00. The van der Waals surface area contributed by atoms with Crippen molar-refractivity contribution in [2.75, 3.05) is 0 Å². The van der Waals surface area contributed by atoms with E-state index in [0.29, 0.717) is 29.1 Å². The number of carboxylic acid groups (broad SMARTS) is 1. The maximum absolute atomic E-state index is 12.5. The van der Waals surface area contributed by atoms with E-state index in [4.69, 9.17) is 11.6 Å². The number of carboxylic acids is 1. The number of aryl methyl sites for hydroxylation is 1. The van der Waals surface area contributed by atoms with Gasteiger partial charge in [0.25, 0.3) is 5.91 Å². The predicted octanol–water partition coefficient (Wildman–Crippen LogP) is 2.82. The zero-order valence-corrected chi connectivity index (χ0v) is 14.0. The molecule has 2 unspecified atom stereocenters. The number of hydrogen-bond acceptors (Lipinski definition) is 3. The van der Waals surface area contributed by atoms with E-state index >= 15 is 0 Å². The maximum atomic E-state index is 12.5. The van der Waals surface area contributed by atoms with Crippen molar-refractivity contribution >= 4 is 23.5 Å². The molecule has 1 amide bonds. The molecule has 0 saturated heterocycles. The summed E-state index contributed by atoms with van der Waals surface area (Å²) in [4.78, 5) is 23.7. The summed E-state index contributed by atoms with van der Waals surface area (Å²) in [5.41, 5.74) is 1.83. The minimum atomic E-state index is -0.855. The molecule has 1 aliphatic rings. The van der Waals surface area contributed by atoms with E-state index in [2.05, 4.69) is 10.4 Å². The summed E-state index contributed by atoms with van der Waals surface area (Å²) in [6.45, 7) is 1.75. The number of aromatic nitrogens is 2. The Morgan fingerprint density at radius 2 is 2.00 bits per heavy atom. The average molecular weight is 348 g/mol. The summed E-state index contributed by atoms with van der Waals surface area (Å²) in [5.74, 6) is -1.65. The van der Waals surface area contributed by atoms with Gasteiger partial charge in [-0.1, -0.05) is 18.0 Å². The number of aliphatic carboxylic acids is 1. The van der Waals surface area contributed by atoms with Gasteiger partial charge in [0.2, 0.25) is 0 Å². The van der Waals surface area contributed by atoms with Gasteiger partial charge in [0, 0.05) is 17.3 Å². The number of rotatable bonds is 4. The topological polar surface area (TPSA) is 84.2 Å². The lowest BCUT2D eigenvalue weighted by atomic mass is 10.0. The van der Waals surface area contributed by atoms with Crippen LogP contribution in [-0.2, 0) is 4.79 Å². The Hall–Kier alpha value is -2.34. The van der Waals surface area contributed by atoms with Crippen LogP contribution in [0.2, 0.25) is 5.02 Å². The van der Waals surface area contributed by atoms with Crippen molar-refractivity contribution in [1.82, 2.24) is 15.1 Å². The first-order chi connectivity index (χ1) is 11.5. The van der Waals surface area contributed by atoms with E-state index in [1.54, 1.807) is 29.9 Å². The number of carbonyl (C=O) groups excluding carboxylic acids is 1. The Kier molecular flexibility index (Phi) is 4.57. The van der Waals surface area contributed by atoms with Gasteiger partial charge in [0.15, 0.2) is 0 Å². The third-order valence-electron chi connectivity index (χ3n) is 4.38. The fourth-order valence-electron chi connectivity index (χ4n) is 3.08. The lowest BCUT2D eigenvalue weighted by Gasteiger charge is -2.17. The lowest BCUT2D eigenvalue weighted by molar-refractivity contribution is -0.142. The van der Waals surface area contributed by atoms with Crippen LogP contribution in [0.5, 0.6) is 0 Å². The van der Waals surface area contributed by atoms with Crippen LogP contribution in [0.25, 0.3) is 5.69 Å². The van der Waals surface area contributed by atoms with Gasteiger partial charge in [-0.3, -0.25) is 9.59 Å². The van der Waals surface area contributed by atoms with Crippen LogP contribution in [0.1, 0.15) is 35.3 Å². The zero-order valence-electron chi connectivity index (χ0n) is 13.2. The molecule has 1 saturated carbocycles. The highest BCUT2D eigenvalue weighted by Gasteiger charge is 2.34. The molecular weight excluding hydrogens is 330 g/mol. The molecule has 1 aliphatic carbocycles. The maximum Gasteiger partial charge on any atom is 0.308 e. The van der Waals surface area contributed by atoms with Crippen molar-refractivity contribution < 1.29 is 14.7 Å². The molecule has 2 N–H and O–H groups in total. The Morgan fingerprint density at radius 1 is 1.29 bits per heavy atom. The number of benzene rings is 1. The molecule has 7 heteroatoms. The molecular formula is C17H18ClN3O3. The second kappa shape index (κ2) is 6.65. The average Bonchev–Trinajstić information content (AvgIpc) is 3.14. The van der Waals surface area contributed by atoms with Crippen LogP contribution >= 0.6 is 11.6 Å². The molecule has 126 valence electrons.